The van der Waals surface area contributed by atoms with Crippen LogP contribution in [0.1, 0.15) is 10.4 Å². The summed E-state index contributed by atoms with van der Waals surface area (Å²) in [6, 6.07) is 4.53. The molecule has 0 aliphatic heterocycles. The average Bonchev–Trinajstić information content (AvgIpc) is 2.17. The molecular formula is C9H9BrO4S. The van der Waals surface area contributed by atoms with Gasteiger partial charge in [0.05, 0.1) is 21.3 Å². The monoisotopic (exact) mass is 292 g/mol. The lowest BCUT2D eigenvalue weighted by atomic mass is 10.2. The van der Waals surface area contributed by atoms with E-state index in [1.165, 1.54) is 19.2 Å². The van der Waals surface area contributed by atoms with Gasteiger partial charge in [0.15, 0.2) is 0 Å². The summed E-state index contributed by atoms with van der Waals surface area (Å²) in [4.78, 5) is 11.1. The first-order valence-electron chi connectivity index (χ1n) is 3.96. The second-order valence-corrected chi connectivity index (χ2v) is 4.98. The van der Waals surface area contributed by atoms with E-state index in [9.17, 15) is 9.00 Å². The summed E-state index contributed by atoms with van der Waals surface area (Å²) in [6.45, 7) is 0. The van der Waals surface area contributed by atoms with E-state index >= 15 is 0 Å². The number of hydrogen-bond donors (Lipinski definition) is 1. The fourth-order valence-corrected chi connectivity index (χ4v) is 2.54. The molecule has 0 fully saturated rings. The molecule has 82 valence electrons. The lowest BCUT2D eigenvalue weighted by Crippen LogP contribution is -2.07. The van der Waals surface area contributed by atoms with Gasteiger partial charge < -0.3 is 9.84 Å². The number of hydrogen-bond acceptors (Lipinski definition) is 3. The van der Waals surface area contributed by atoms with E-state index in [-0.39, 0.29) is 16.4 Å². The number of rotatable bonds is 4. The molecule has 0 aromatic heterocycles. The Morgan fingerprint density at radius 3 is 2.80 bits per heavy atom. The molecule has 0 aliphatic rings. The molecule has 0 amide bonds. The van der Waals surface area contributed by atoms with E-state index in [1.807, 2.05) is 0 Å². The van der Waals surface area contributed by atoms with Crippen molar-refractivity contribution in [3.05, 3.63) is 28.2 Å². The molecule has 0 aliphatic carbocycles. The predicted octanol–water partition coefficient (Wildman–Crippen LogP) is 1.86. The van der Waals surface area contributed by atoms with Crippen LogP contribution < -0.4 is 0 Å². The molecule has 0 spiro atoms. The number of carbonyl (C=O) groups is 1. The van der Waals surface area contributed by atoms with Gasteiger partial charge in [-0.05, 0) is 18.2 Å². The highest BCUT2D eigenvalue weighted by molar-refractivity contribution is 9.10. The maximum absolute atomic E-state index is 11.6. The molecule has 1 rings (SSSR count). The second kappa shape index (κ2) is 5.39. The topological polar surface area (TPSA) is 63.6 Å². The van der Waals surface area contributed by atoms with Crippen LogP contribution in [0.15, 0.2) is 27.6 Å². The zero-order valence-electron chi connectivity index (χ0n) is 7.90. The summed E-state index contributed by atoms with van der Waals surface area (Å²) in [6.07, 6.45) is 0. The Morgan fingerprint density at radius 2 is 2.27 bits per heavy atom. The van der Waals surface area contributed by atoms with Gasteiger partial charge in [-0.25, -0.2) is 4.79 Å². The minimum absolute atomic E-state index is 0.0171. The number of methoxy groups -OCH3 is 1. The van der Waals surface area contributed by atoms with Crippen LogP contribution in [0.25, 0.3) is 0 Å². The van der Waals surface area contributed by atoms with Crippen molar-refractivity contribution in [3.8, 4) is 0 Å². The SMILES string of the molecule is COCS(=O)c1cc(Br)ccc1C(=O)O. The Kier molecular flexibility index (Phi) is 4.44. The summed E-state index contributed by atoms with van der Waals surface area (Å²) in [7, 11) is -0.0459. The van der Waals surface area contributed by atoms with Gasteiger partial charge >= 0.3 is 5.97 Å². The highest BCUT2D eigenvalue weighted by atomic mass is 79.9. The summed E-state index contributed by atoms with van der Waals surface area (Å²) < 4.78 is 17.0. The van der Waals surface area contributed by atoms with Crippen molar-refractivity contribution in [3.63, 3.8) is 0 Å². The van der Waals surface area contributed by atoms with E-state index < -0.39 is 16.8 Å². The van der Waals surface area contributed by atoms with Crippen LogP contribution in [0.3, 0.4) is 0 Å². The second-order valence-electron chi connectivity index (χ2n) is 2.70. The maximum atomic E-state index is 11.6. The Hall–Kier alpha value is -0.720. The van der Waals surface area contributed by atoms with E-state index in [0.29, 0.717) is 4.47 Å². The van der Waals surface area contributed by atoms with Crippen molar-refractivity contribution in [1.82, 2.24) is 0 Å². The standard InChI is InChI=1S/C9H9BrO4S/c1-14-5-15(13)8-4-6(10)2-3-7(8)9(11)12/h2-4H,5H2,1H3,(H,11,12). The van der Waals surface area contributed by atoms with Crippen LogP contribution in [0.4, 0.5) is 0 Å². The van der Waals surface area contributed by atoms with E-state index in [1.54, 1.807) is 6.07 Å². The molecule has 4 nitrogen and oxygen atoms in total. The van der Waals surface area contributed by atoms with E-state index in [0.717, 1.165) is 0 Å². The number of halogens is 1. The summed E-state index contributed by atoms with van der Waals surface area (Å²) in [5, 5.41) is 8.88. The first-order chi connectivity index (χ1) is 7.06. The maximum Gasteiger partial charge on any atom is 0.336 e. The van der Waals surface area contributed by atoms with Crippen molar-refractivity contribution in [2.45, 2.75) is 4.90 Å². The average molecular weight is 293 g/mol. The lowest BCUT2D eigenvalue weighted by Gasteiger charge is -2.05. The van der Waals surface area contributed by atoms with Crippen molar-refractivity contribution >= 4 is 32.7 Å². The zero-order valence-corrected chi connectivity index (χ0v) is 10.3. The van der Waals surface area contributed by atoms with Crippen molar-refractivity contribution in [2.75, 3.05) is 13.0 Å². The van der Waals surface area contributed by atoms with Gasteiger partial charge in [0.2, 0.25) is 0 Å². The third-order valence-electron chi connectivity index (χ3n) is 1.64. The van der Waals surface area contributed by atoms with Crippen LogP contribution in [-0.4, -0.2) is 28.3 Å². The molecule has 1 N–H and O–H groups in total. The Labute approximate surface area is 97.8 Å². The molecule has 1 aromatic rings. The first kappa shape index (κ1) is 12.4. The van der Waals surface area contributed by atoms with Gasteiger partial charge in [-0.1, -0.05) is 15.9 Å². The largest absolute Gasteiger partial charge is 0.478 e. The van der Waals surface area contributed by atoms with Gasteiger partial charge in [0.25, 0.3) is 0 Å². The molecule has 0 bridgehead atoms. The predicted molar refractivity (Wildman–Crippen MR) is 59.4 cm³/mol. The van der Waals surface area contributed by atoms with Gasteiger partial charge in [0, 0.05) is 11.6 Å². The summed E-state index contributed by atoms with van der Waals surface area (Å²) in [5.74, 6) is -1.11. The number of carboxylic acid groups (broad SMARTS) is 1. The molecule has 1 atom stereocenters. The van der Waals surface area contributed by atoms with Crippen LogP contribution in [0, 0.1) is 0 Å². The van der Waals surface area contributed by atoms with Crippen LogP contribution in [0.2, 0.25) is 0 Å². The number of aromatic carboxylic acids is 1. The van der Waals surface area contributed by atoms with Crippen LogP contribution in [0.5, 0.6) is 0 Å². The summed E-state index contributed by atoms with van der Waals surface area (Å²) in [5.41, 5.74) is 0.0357. The molecule has 0 saturated carbocycles. The van der Waals surface area contributed by atoms with Gasteiger partial charge in [-0.2, -0.15) is 0 Å². The normalized spacial score (nSPS) is 12.4. The molecule has 6 heteroatoms. The number of ether oxygens (including phenoxy) is 1. The Morgan fingerprint density at radius 1 is 1.60 bits per heavy atom. The van der Waals surface area contributed by atoms with Crippen LogP contribution in [-0.2, 0) is 15.5 Å². The lowest BCUT2D eigenvalue weighted by molar-refractivity contribution is 0.0693. The number of carboxylic acids is 1. The molecular weight excluding hydrogens is 284 g/mol. The van der Waals surface area contributed by atoms with Gasteiger partial charge in [0.1, 0.15) is 5.94 Å². The highest BCUT2D eigenvalue weighted by Crippen LogP contribution is 2.20. The van der Waals surface area contributed by atoms with Crippen molar-refractivity contribution in [2.24, 2.45) is 0 Å². The fraction of sp³-hybridized carbons (Fsp3) is 0.222. The molecule has 0 heterocycles. The molecule has 1 unspecified atom stereocenters. The minimum Gasteiger partial charge on any atom is -0.478 e. The van der Waals surface area contributed by atoms with Crippen molar-refractivity contribution in [1.29, 1.82) is 0 Å². The smallest absolute Gasteiger partial charge is 0.336 e. The third kappa shape index (κ3) is 3.12. The minimum atomic E-state index is -1.46. The van der Waals surface area contributed by atoms with E-state index in [2.05, 4.69) is 15.9 Å². The van der Waals surface area contributed by atoms with Crippen molar-refractivity contribution < 1.29 is 18.8 Å². The quantitative estimate of drug-likeness (QED) is 0.920. The zero-order chi connectivity index (χ0) is 11.4. The fourth-order valence-electron chi connectivity index (χ4n) is 1.03. The van der Waals surface area contributed by atoms with Gasteiger partial charge in [-0.15, -0.1) is 0 Å². The Bertz CT molecular complexity index is 405. The first-order valence-corrected chi connectivity index (χ1v) is 6.07. The molecule has 0 radical (unpaired) electrons. The summed E-state index contributed by atoms with van der Waals surface area (Å²) >= 11 is 3.20. The highest BCUT2D eigenvalue weighted by Gasteiger charge is 2.15. The van der Waals surface area contributed by atoms with Crippen LogP contribution >= 0.6 is 15.9 Å². The molecule has 15 heavy (non-hydrogen) atoms. The number of benzene rings is 1. The Balaban J connectivity index is 3.18. The van der Waals surface area contributed by atoms with Gasteiger partial charge in [-0.3, -0.25) is 4.21 Å². The van der Waals surface area contributed by atoms with E-state index in [4.69, 9.17) is 9.84 Å². The molecule has 0 saturated heterocycles. The third-order valence-corrected chi connectivity index (χ3v) is 3.42. The molecule has 1 aromatic carbocycles.